The molecule has 0 spiro atoms. The Bertz CT molecular complexity index is 2310. The summed E-state index contributed by atoms with van der Waals surface area (Å²) >= 11 is 0. The summed E-state index contributed by atoms with van der Waals surface area (Å²) in [6.45, 7) is 0. The third kappa shape index (κ3) is 4.80. The molecule has 0 N–H and O–H groups in total. The number of nitrogens with zero attached hydrogens (tertiary/aromatic N) is 4. The van der Waals surface area contributed by atoms with Crippen LogP contribution in [-0.4, -0.2) is 12.1 Å². The lowest BCUT2D eigenvalue weighted by atomic mass is 9.85. The molecule has 4 nitrogen and oxygen atoms in total. The lowest BCUT2D eigenvalue weighted by molar-refractivity contribution is 0.675. The molecular weight excluding hydrogens is 609 g/mol. The van der Waals surface area contributed by atoms with Gasteiger partial charge in [-0.15, -0.1) is 0 Å². The van der Waals surface area contributed by atoms with Crippen LogP contribution in [0.5, 0.6) is 0 Å². The molecule has 7 aromatic carbocycles. The molecule has 0 saturated heterocycles. The third-order valence-corrected chi connectivity index (χ3v) is 10.6. The maximum atomic E-state index is 10.3. The lowest BCUT2D eigenvalue weighted by Crippen LogP contribution is -2.34. The van der Waals surface area contributed by atoms with E-state index in [9.17, 15) is 10.5 Å². The summed E-state index contributed by atoms with van der Waals surface area (Å²) in [5.41, 5.74) is 11.4. The summed E-state index contributed by atoms with van der Waals surface area (Å²) in [6.07, 6.45) is 3.37. The van der Waals surface area contributed by atoms with Crippen LogP contribution in [0.4, 0.5) is 22.7 Å². The quantitative estimate of drug-likeness (QED) is 0.179. The normalized spacial score (nSPS) is 16.8. The SMILES string of the molecule is N#CC1CCc2ccccc2N1c1ccc2c(-c3ccccc3)c3cc(N4c5ccccc5CCC4C#N)ccc3c(-c3ccccc3)c2c1. The monoisotopic (exact) mass is 642 g/mol. The molecule has 9 rings (SSSR count). The highest BCUT2D eigenvalue weighted by atomic mass is 15.2. The van der Waals surface area contributed by atoms with Gasteiger partial charge in [0.15, 0.2) is 0 Å². The predicted octanol–water partition coefficient (Wildman–Crippen LogP) is 11.3. The smallest absolute Gasteiger partial charge is 0.121 e. The number of rotatable bonds is 4. The molecule has 2 heterocycles. The molecule has 4 heteroatoms. The Morgan fingerprint density at radius 1 is 0.440 bits per heavy atom. The van der Waals surface area contributed by atoms with Crippen LogP contribution in [0, 0.1) is 22.7 Å². The molecule has 0 radical (unpaired) electrons. The van der Waals surface area contributed by atoms with Gasteiger partial charge in [0, 0.05) is 22.7 Å². The first kappa shape index (κ1) is 29.8. The fraction of sp³-hybridized carbons (Fsp3) is 0.130. The summed E-state index contributed by atoms with van der Waals surface area (Å²) in [4.78, 5) is 4.47. The Kier molecular flexibility index (Phi) is 7.30. The number of hydrogen-bond acceptors (Lipinski definition) is 4. The first-order valence-corrected chi connectivity index (χ1v) is 17.4. The van der Waals surface area contributed by atoms with Crippen molar-refractivity contribution in [2.45, 2.75) is 37.8 Å². The van der Waals surface area contributed by atoms with Gasteiger partial charge in [-0.2, -0.15) is 10.5 Å². The van der Waals surface area contributed by atoms with Gasteiger partial charge < -0.3 is 9.80 Å². The van der Waals surface area contributed by atoms with E-state index in [2.05, 4.69) is 168 Å². The van der Waals surface area contributed by atoms with Gasteiger partial charge in [0.05, 0.1) is 12.1 Å². The predicted molar refractivity (Wildman–Crippen MR) is 205 cm³/mol. The first-order valence-electron chi connectivity index (χ1n) is 17.4. The Balaban J connectivity index is 1.36. The zero-order valence-electron chi connectivity index (χ0n) is 27.6. The summed E-state index contributed by atoms with van der Waals surface area (Å²) in [7, 11) is 0. The van der Waals surface area contributed by atoms with E-state index < -0.39 is 0 Å². The molecule has 7 aromatic rings. The van der Waals surface area contributed by atoms with Gasteiger partial charge in [0.25, 0.3) is 0 Å². The van der Waals surface area contributed by atoms with E-state index in [4.69, 9.17) is 0 Å². The van der Waals surface area contributed by atoms with Crippen molar-refractivity contribution < 1.29 is 0 Å². The molecule has 2 aliphatic heterocycles. The minimum Gasteiger partial charge on any atom is -0.325 e. The topological polar surface area (TPSA) is 54.1 Å². The van der Waals surface area contributed by atoms with E-state index in [1.807, 2.05) is 0 Å². The highest BCUT2D eigenvalue weighted by Crippen LogP contribution is 2.48. The molecule has 2 aliphatic rings. The highest BCUT2D eigenvalue weighted by molar-refractivity contribution is 6.22. The van der Waals surface area contributed by atoms with Crippen LogP contribution in [0.2, 0.25) is 0 Å². The molecule has 2 unspecified atom stereocenters. The zero-order valence-corrected chi connectivity index (χ0v) is 27.6. The molecular formula is C46H34N4. The lowest BCUT2D eigenvalue weighted by Gasteiger charge is -2.36. The molecule has 0 aliphatic carbocycles. The third-order valence-electron chi connectivity index (χ3n) is 10.6. The zero-order chi connectivity index (χ0) is 33.6. The summed E-state index contributed by atoms with van der Waals surface area (Å²) < 4.78 is 0. The van der Waals surface area contributed by atoms with Crippen molar-refractivity contribution in [1.82, 2.24) is 0 Å². The minimum absolute atomic E-state index is 0.250. The highest BCUT2D eigenvalue weighted by Gasteiger charge is 2.30. The standard InChI is InChI=1S/C46H34N4/c47-29-37-21-19-31-11-7-9-17-43(31)49(37)35-24-26-40-41(27-35)45(33-13-3-1-4-14-33)39-25-23-36(28-42(39)46(40)34-15-5-2-6-16-34)50-38(30-48)22-20-32-12-8-10-18-44(32)50/h1-18,23-28,37-38H,19-22H2. The fourth-order valence-electron chi connectivity index (χ4n) is 8.31. The summed E-state index contributed by atoms with van der Waals surface area (Å²) in [5, 5.41) is 25.3. The number of nitriles is 2. The Morgan fingerprint density at radius 3 is 1.26 bits per heavy atom. The van der Waals surface area contributed by atoms with Gasteiger partial charge in [-0.25, -0.2) is 0 Å². The number of anilines is 4. The average molecular weight is 643 g/mol. The van der Waals surface area contributed by atoms with Crippen molar-refractivity contribution in [2.24, 2.45) is 0 Å². The molecule has 0 aromatic heterocycles. The van der Waals surface area contributed by atoms with Gasteiger partial charge in [-0.3, -0.25) is 0 Å². The molecule has 2 atom stereocenters. The second kappa shape index (κ2) is 12.3. The molecule has 0 saturated carbocycles. The van der Waals surface area contributed by atoms with Crippen LogP contribution >= 0.6 is 0 Å². The maximum absolute atomic E-state index is 10.3. The van der Waals surface area contributed by atoms with Crippen LogP contribution in [0.15, 0.2) is 146 Å². The number of fused-ring (bicyclic) bond motifs is 4. The van der Waals surface area contributed by atoms with Crippen LogP contribution in [0.1, 0.15) is 24.0 Å². The summed E-state index contributed by atoms with van der Waals surface area (Å²) in [5.74, 6) is 0. The number of para-hydroxylation sites is 2. The minimum atomic E-state index is -0.250. The van der Waals surface area contributed by atoms with Crippen LogP contribution in [-0.2, 0) is 12.8 Å². The number of benzene rings is 7. The fourth-order valence-corrected chi connectivity index (χ4v) is 8.31. The van der Waals surface area contributed by atoms with E-state index in [1.165, 1.54) is 22.3 Å². The van der Waals surface area contributed by atoms with Gasteiger partial charge in [0.2, 0.25) is 0 Å². The van der Waals surface area contributed by atoms with Gasteiger partial charge in [-0.1, -0.05) is 109 Å². The Labute approximate surface area is 292 Å². The van der Waals surface area contributed by atoms with Crippen LogP contribution in [0.25, 0.3) is 43.8 Å². The second-order valence-corrected chi connectivity index (χ2v) is 13.3. The summed E-state index contributed by atoms with van der Waals surface area (Å²) in [6, 6.07) is 56.5. The number of hydrogen-bond donors (Lipinski definition) is 0. The van der Waals surface area contributed by atoms with E-state index in [-0.39, 0.29) is 12.1 Å². The first-order chi connectivity index (χ1) is 24.7. The van der Waals surface area contributed by atoms with Crippen molar-refractivity contribution in [3.8, 4) is 34.4 Å². The van der Waals surface area contributed by atoms with Crippen molar-refractivity contribution >= 4 is 44.3 Å². The average Bonchev–Trinajstić information content (AvgIpc) is 3.19. The van der Waals surface area contributed by atoms with Crippen molar-refractivity contribution in [2.75, 3.05) is 9.80 Å². The van der Waals surface area contributed by atoms with Gasteiger partial charge >= 0.3 is 0 Å². The molecule has 0 amide bonds. The molecule has 50 heavy (non-hydrogen) atoms. The van der Waals surface area contributed by atoms with Crippen molar-refractivity contribution in [3.63, 3.8) is 0 Å². The maximum Gasteiger partial charge on any atom is 0.121 e. The second-order valence-electron chi connectivity index (χ2n) is 13.3. The Hall–Kier alpha value is -6.36. The van der Waals surface area contributed by atoms with E-state index in [1.54, 1.807) is 0 Å². The van der Waals surface area contributed by atoms with Crippen LogP contribution in [0.3, 0.4) is 0 Å². The van der Waals surface area contributed by atoms with Crippen molar-refractivity contribution in [3.05, 3.63) is 157 Å². The van der Waals surface area contributed by atoms with Crippen LogP contribution < -0.4 is 9.80 Å². The molecule has 238 valence electrons. The largest absolute Gasteiger partial charge is 0.325 e. The number of aryl methyl sites for hydroxylation is 2. The van der Waals surface area contributed by atoms with E-state index in [0.29, 0.717) is 0 Å². The van der Waals surface area contributed by atoms with Crippen molar-refractivity contribution in [1.29, 1.82) is 10.5 Å². The van der Waals surface area contributed by atoms with E-state index in [0.717, 1.165) is 81.1 Å². The van der Waals surface area contributed by atoms with Gasteiger partial charge in [-0.05, 0) is 117 Å². The van der Waals surface area contributed by atoms with E-state index >= 15 is 0 Å². The molecule has 0 fully saturated rings. The van der Waals surface area contributed by atoms with Gasteiger partial charge in [0.1, 0.15) is 12.1 Å². The Morgan fingerprint density at radius 2 is 0.840 bits per heavy atom. The molecule has 0 bridgehead atoms.